The average molecular weight is 801 g/mol. The van der Waals surface area contributed by atoms with E-state index in [-0.39, 0.29) is 45.9 Å². The lowest BCUT2D eigenvalue weighted by atomic mass is 9.77. The highest BCUT2D eigenvalue weighted by Crippen LogP contribution is 2.69. The number of ether oxygens (including phenoxy) is 3. The topological polar surface area (TPSA) is 80.3 Å². The van der Waals surface area contributed by atoms with Crippen molar-refractivity contribution < 1.29 is 50.2 Å². The summed E-state index contributed by atoms with van der Waals surface area (Å²) < 4.78 is 104. The maximum absolute atomic E-state index is 16.3. The van der Waals surface area contributed by atoms with Gasteiger partial charge in [-0.05, 0) is 83.6 Å². The number of alkyl halides is 4. The molecule has 0 N–H and O–H groups in total. The van der Waals surface area contributed by atoms with Gasteiger partial charge in [-0.25, -0.2) is 4.79 Å². The molecule has 0 bridgehead atoms. The summed E-state index contributed by atoms with van der Waals surface area (Å²) in [6, 6.07) is 30.1. The first-order chi connectivity index (χ1) is 26.2. The van der Waals surface area contributed by atoms with E-state index in [9.17, 15) is 18.1 Å². The molecule has 0 atom stereocenters. The van der Waals surface area contributed by atoms with Gasteiger partial charge in [-0.2, -0.15) is 17.6 Å². The third-order valence-electron chi connectivity index (χ3n) is 8.48. The number of carbonyl (C=O) groups is 1. The summed E-state index contributed by atoms with van der Waals surface area (Å²) in [5.41, 5.74) is -5.12. The molecule has 304 valence electrons. The monoisotopic (exact) mass is 800 g/mol. The Bertz CT molecular complexity index is 1810. The molecule has 4 rings (SSSR count). The predicted molar refractivity (Wildman–Crippen MR) is 209 cm³/mol. The van der Waals surface area contributed by atoms with Gasteiger partial charge < -0.3 is 14.2 Å². The van der Waals surface area contributed by atoms with Crippen molar-refractivity contribution in [2.24, 2.45) is 5.41 Å². The number of halogens is 4. The lowest BCUT2D eigenvalue weighted by molar-refractivity contribution is -0.173. The Kier molecular flexibility index (Phi) is 14.9. The van der Waals surface area contributed by atoms with Crippen LogP contribution in [0.25, 0.3) is 0 Å². The van der Waals surface area contributed by atoms with Crippen LogP contribution in [-0.4, -0.2) is 37.0 Å². The van der Waals surface area contributed by atoms with E-state index in [4.69, 9.17) is 18.5 Å². The third-order valence-corrected chi connectivity index (χ3v) is 11.0. The molecule has 0 saturated heterocycles. The summed E-state index contributed by atoms with van der Waals surface area (Å²) >= 11 is 0. The molecule has 0 saturated carbocycles. The van der Waals surface area contributed by atoms with Crippen molar-refractivity contribution >= 4 is 13.6 Å². The molecule has 0 spiro atoms. The van der Waals surface area contributed by atoms with Gasteiger partial charge in [-0.3, -0.25) is 13.6 Å². The molecule has 56 heavy (non-hydrogen) atoms. The van der Waals surface area contributed by atoms with Gasteiger partial charge in [0.15, 0.2) is 0 Å². The minimum absolute atomic E-state index is 0.142. The highest BCUT2D eigenvalue weighted by atomic mass is 31.2. The molecule has 0 amide bonds. The van der Waals surface area contributed by atoms with E-state index in [1.807, 2.05) is 60.7 Å². The molecule has 4 aromatic carbocycles. The van der Waals surface area contributed by atoms with Crippen molar-refractivity contribution in [1.82, 2.24) is 0 Å². The molecule has 0 aliphatic heterocycles. The van der Waals surface area contributed by atoms with Gasteiger partial charge in [0, 0.05) is 16.5 Å². The molecular weight excluding hydrogens is 747 g/mol. The van der Waals surface area contributed by atoms with Crippen molar-refractivity contribution in [2.75, 3.05) is 19.8 Å². The van der Waals surface area contributed by atoms with Crippen molar-refractivity contribution in [3.8, 4) is 0 Å². The molecule has 0 unspecified atom stereocenters. The van der Waals surface area contributed by atoms with Crippen LogP contribution in [0.5, 0.6) is 0 Å². The largest absolute Gasteiger partial charge is 0.461 e. The number of hydrogen-bond donors (Lipinski definition) is 0. The van der Waals surface area contributed by atoms with Crippen LogP contribution in [0.2, 0.25) is 0 Å². The first kappa shape index (κ1) is 44.8. The SMILES string of the molecule is CCOC(=O)C(F)(F)c1ccc(CC(COCc2ccccc2)(COCc2ccccc2)Cc2ccc(C(F)(F)P(=O)(OC(C)(C)C)OC(C)(C)C)cc2)cc1. The van der Waals surface area contributed by atoms with E-state index >= 15 is 8.78 Å². The zero-order valence-corrected chi connectivity index (χ0v) is 34.1. The summed E-state index contributed by atoms with van der Waals surface area (Å²) in [6.45, 7) is 11.3. The summed E-state index contributed by atoms with van der Waals surface area (Å²) in [6.07, 6.45) is 0.533. The molecule has 0 aliphatic carbocycles. The fourth-order valence-electron chi connectivity index (χ4n) is 6.10. The van der Waals surface area contributed by atoms with Gasteiger partial charge in [-0.1, -0.05) is 109 Å². The van der Waals surface area contributed by atoms with Crippen molar-refractivity contribution in [3.63, 3.8) is 0 Å². The van der Waals surface area contributed by atoms with Gasteiger partial charge in [-0.15, -0.1) is 0 Å². The van der Waals surface area contributed by atoms with Crippen LogP contribution in [0.3, 0.4) is 0 Å². The van der Waals surface area contributed by atoms with E-state index in [0.29, 0.717) is 11.1 Å². The van der Waals surface area contributed by atoms with E-state index in [2.05, 4.69) is 4.74 Å². The smallest absolute Gasteiger partial charge is 0.405 e. The Labute approximate surface area is 328 Å². The van der Waals surface area contributed by atoms with E-state index in [1.54, 1.807) is 0 Å². The minimum atomic E-state index is -5.06. The lowest BCUT2D eigenvalue weighted by Crippen LogP contribution is -2.37. The normalized spacial score (nSPS) is 13.1. The van der Waals surface area contributed by atoms with Crippen LogP contribution in [0.15, 0.2) is 109 Å². The van der Waals surface area contributed by atoms with Gasteiger partial charge in [0.1, 0.15) is 0 Å². The van der Waals surface area contributed by atoms with Gasteiger partial charge in [0.25, 0.3) is 0 Å². The molecule has 0 fully saturated rings. The number of benzene rings is 4. The Morgan fingerprint density at radius 1 is 0.571 bits per heavy atom. The Hall–Kier alpha value is -3.86. The summed E-state index contributed by atoms with van der Waals surface area (Å²) in [7, 11) is -5.06. The van der Waals surface area contributed by atoms with Crippen LogP contribution >= 0.6 is 7.60 Å². The van der Waals surface area contributed by atoms with Crippen molar-refractivity contribution in [1.29, 1.82) is 0 Å². The summed E-state index contributed by atoms with van der Waals surface area (Å²) in [5.74, 6) is -5.47. The van der Waals surface area contributed by atoms with E-state index in [1.165, 1.54) is 97.0 Å². The number of carbonyl (C=O) groups excluding carboxylic acids is 1. The zero-order chi connectivity index (χ0) is 41.3. The predicted octanol–water partition coefficient (Wildman–Crippen LogP) is 11.4. The van der Waals surface area contributed by atoms with Crippen LogP contribution in [-0.2, 0) is 70.3 Å². The summed E-state index contributed by atoms with van der Waals surface area (Å²) in [5, 5.41) is 0. The highest BCUT2D eigenvalue weighted by molar-refractivity contribution is 7.54. The molecule has 4 aromatic rings. The van der Waals surface area contributed by atoms with Gasteiger partial charge >= 0.3 is 25.2 Å². The minimum Gasteiger partial charge on any atom is -0.461 e. The maximum Gasteiger partial charge on any atom is 0.405 e. The van der Waals surface area contributed by atoms with Crippen LogP contribution in [0, 0.1) is 5.41 Å². The Balaban J connectivity index is 1.72. The average Bonchev–Trinajstić information content (AvgIpc) is 3.11. The Morgan fingerprint density at radius 2 is 0.964 bits per heavy atom. The maximum atomic E-state index is 16.3. The number of esters is 1. The first-order valence-corrected chi connectivity index (χ1v) is 20.1. The van der Waals surface area contributed by atoms with Crippen LogP contribution < -0.4 is 0 Å². The standard InChI is InChI=1S/C44H53F4O7P/c1-8-53-39(49)43(45,46)37-23-19-33(20-24-37)27-42(31-51-29-35-15-11-9-12-16-35,32-52-30-36-17-13-10-14-18-36)28-34-21-25-38(26-22-34)44(47,48)56(50,54-40(2,3)4)55-41(5,6)7/h9-26H,8,27-32H2,1-7H3. The molecule has 12 heteroatoms. The number of rotatable bonds is 19. The van der Waals surface area contributed by atoms with E-state index in [0.717, 1.165) is 11.1 Å². The fourth-order valence-corrected chi connectivity index (χ4v) is 8.27. The molecule has 0 radical (unpaired) electrons. The van der Waals surface area contributed by atoms with Gasteiger partial charge in [0.2, 0.25) is 0 Å². The molecule has 0 aliphatic rings. The zero-order valence-electron chi connectivity index (χ0n) is 33.2. The third kappa shape index (κ3) is 12.6. The number of hydrogen-bond acceptors (Lipinski definition) is 7. The Morgan fingerprint density at radius 3 is 1.34 bits per heavy atom. The summed E-state index contributed by atoms with van der Waals surface area (Å²) in [4.78, 5) is 12.0. The lowest BCUT2D eigenvalue weighted by Gasteiger charge is -2.36. The first-order valence-electron chi connectivity index (χ1n) is 18.5. The molecular formula is C44H53F4O7P. The van der Waals surface area contributed by atoms with Crippen LogP contribution in [0.1, 0.15) is 81.8 Å². The second-order valence-electron chi connectivity index (χ2n) is 15.9. The second-order valence-corrected chi connectivity index (χ2v) is 17.9. The van der Waals surface area contributed by atoms with E-state index < -0.39 is 52.9 Å². The highest BCUT2D eigenvalue weighted by Gasteiger charge is 2.58. The quantitative estimate of drug-likeness (QED) is 0.0531. The second kappa shape index (κ2) is 18.6. The van der Waals surface area contributed by atoms with Crippen molar-refractivity contribution in [2.45, 2.75) is 97.3 Å². The molecule has 0 heterocycles. The van der Waals surface area contributed by atoms with Crippen LogP contribution in [0.4, 0.5) is 17.6 Å². The van der Waals surface area contributed by atoms with Gasteiger partial charge in [0.05, 0.1) is 44.2 Å². The molecule has 0 aromatic heterocycles. The molecule has 7 nitrogen and oxygen atoms in total. The van der Waals surface area contributed by atoms with Crippen molar-refractivity contribution in [3.05, 3.63) is 143 Å². The fraction of sp³-hybridized carbons (Fsp3) is 0.432.